The van der Waals surface area contributed by atoms with Gasteiger partial charge in [-0.25, -0.2) is 5.14 Å². The normalized spacial score (nSPS) is 14.5. The summed E-state index contributed by atoms with van der Waals surface area (Å²) >= 11 is 0. The van der Waals surface area contributed by atoms with Crippen molar-refractivity contribution < 1.29 is 30.9 Å². The fourth-order valence-corrected chi connectivity index (χ4v) is 3.82. The summed E-state index contributed by atoms with van der Waals surface area (Å²) in [5, 5.41) is 6.82. The molecule has 2 aromatic rings. The van der Waals surface area contributed by atoms with E-state index in [1.165, 1.54) is 0 Å². The maximum absolute atomic E-state index is 12.6. The van der Waals surface area contributed by atoms with Crippen molar-refractivity contribution in [3.8, 4) is 5.75 Å². The number of amidine groups is 1. The van der Waals surface area contributed by atoms with Gasteiger partial charge in [0.05, 0.1) is 16.8 Å². The Kier molecular flexibility index (Phi) is 7.87. The first-order valence-corrected chi connectivity index (χ1v) is 12.6. The van der Waals surface area contributed by atoms with Gasteiger partial charge >= 0.3 is 20.5 Å². The Morgan fingerprint density at radius 2 is 1.79 bits per heavy atom. The number of carbonyl (C=O) groups is 1. The van der Waals surface area contributed by atoms with Gasteiger partial charge in [-0.15, -0.1) is 4.40 Å². The van der Waals surface area contributed by atoms with Gasteiger partial charge in [0.25, 0.3) is 5.91 Å². The first-order valence-electron chi connectivity index (χ1n) is 9.63. The number of anilines is 1. The number of aromatic nitrogens is 1. The van der Waals surface area contributed by atoms with Gasteiger partial charge in [0.2, 0.25) is 0 Å². The van der Waals surface area contributed by atoms with Crippen molar-refractivity contribution in [3.63, 3.8) is 0 Å². The number of nitrogens with zero attached hydrogens (tertiary/aromatic N) is 2. The average molecular weight is 515 g/mol. The van der Waals surface area contributed by atoms with Gasteiger partial charge in [0.1, 0.15) is 12.4 Å². The first kappa shape index (κ1) is 27.0. The van der Waals surface area contributed by atoms with E-state index < -0.39 is 26.1 Å². The number of hydrogen-bond donors (Lipinski definition) is 5. The van der Waals surface area contributed by atoms with Crippen LogP contribution in [0, 0.1) is 13.8 Å². The number of pyridine rings is 1. The lowest BCUT2D eigenvalue weighted by molar-refractivity contribution is 0.0880. The highest BCUT2D eigenvalue weighted by atomic mass is 32.2. The molecule has 1 aromatic carbocycles. The number of hydrogen-bond acceptors (Lipinski definition) is 8. The lowest BCUT2D eigenvalue weighted by atomic mass is 10.1. The number of nitrogens with two attached hydrogens (primary N) is 2. The van der Waals surface area contributed by atoms with Crippen LogP contribution in [0.3, 0.4) is 0 Å². The van der Waals surface area contributed by atoms with Crippen LogP contribution in [0.25, 0.3) is 0 Å². The Balaban J connectivity index is 0.000000739. The van der Waals surface area contributed by atoms with E-state index in [0.29, 0.717) is 22.6 Å². The van der Waals surface area contributed by atoms with E-state index in [0.717, 1.165) is 11.4 Å². The van der Waals surface area contributed by atoms with Crippen LogP contribution in [-0.2, 0) is 20.5 Å². The summed E-state index contributed by atoms with van der Waals surface area (Å²) in [6.07, 6.45) is 0. The predicted octanol–water partition coefficient (Wildman–Crippen LogP) is 0.409. The average Bonchev–Trinajstić information content (AvgIpc) is 2.62. The van der Waals surface area contributed by atoms with Gasteiger partial charge in [0.15, 0.2) is 5.84 Å². The molecular formula is C19H26N6O7S2. The smallest absolute Gasteiger partial charge is 0.344 e. The summed E-state index contributed by atoms with van der Waals surface area (Å²) in [5.41, 5.74) is 7.80. The molecule has 13 nitrogen and oxygen atoms in total. The van der Waals surface area contributed by atoms with E-state index in [9.17, 15) is 13.2 Å². The van der Waals surface area contributed by atoms with E-state index in [4.69, 9.17) is 23.4 Å². The number of rotatable bonds is 5. The molecule has 3 rings (SSSR count). The van der Waals surface area contributed by atoms with Gasteiger partial charge < -0.3 is 15.8 Å². The van der Waals surface area contributed by atoms with E-state index in [1.807, 2.05) is 27.7 Å². The number of aryl methyl sites for hydroxylation is 2. The molecule has 186 valence electrons. The molecule has 0 saturated carbocycles. The molecule has 0 bridgehead atoms. The zero-order chi connectivity index (χ0) is 25.9. The second-order valence-corrected chi connectivity index (χ2v) is 10.4. The van der Waals surface area contributed by atoms with Gasteiger partial charge in [0, 0.05) is 17.0 Å². The van der Waals surface area contributed by atoms with Crippen LogP contribution in [0.5, 0.6) is 5.75 Å². The van der Waals surface area contributed by atoms with Crippen molar-refractivity contribution in [3.05, 3.63) is 52.8 Å². The monoisotopic (exact) mass is 514 g/mol. The fourth-order valence-electron chi connectivity index (χ4n) is 2.98. The second-order valence-electron chi connectivity index (χ2n) is 8.01. The molecule has 1 aliphatic rings. The molecule has 1 aromatic heterocycles. The third-order valence-corrected chi connectivity index (χ3v) is 5.04. The molecule has 0 spiro atoms. The third-order valence-electron chi connectivity index (χ3n) is 4.12. The maximum Gasteiger partial charge on any atom is 0.344 e. The molecule has 0 unspecified atom stereocenters. The molecule has 0 fully saturated rings. The van der Waals surface area contributed by atoms with E-state index >= 15 is 0 Å². The van der Waals surface area contributed by atoms with Gasteiger partial charge in [-0.05, 0) is 52.0 Å². The van der Waals surface area contributed by atoms with Crippen molar-refractivity contribution in [1.29, 1.82) is 0 Å². The lowest BCUT2D eigenvalue weighted by Gasteiger charge is -2.27. The Morgan fingerprint density at radius 1 is 1.24 bits per heavy atom. The van der Waals surface area contributed by atoms with Crippen molar-refractivity contribution in [2.75, 3.05) is 11.3 Å². The zero-order valence-electron chi connectivity index (χ0n) is 18.9. The van der Waals surface area contributed by atoms with Crippen molar-refractivity contribution in [2.45, 2.75) is 33.2 Å². The molecule has 15 heteroatoms. The van der Waals surface area contributed by atoms with E-state index in [2.05, 4.69) is 24.6 Å². The molecule has 0 saturated heterocycles. The largest absolute Gasteiger partial charge is 0.490 e. The van der Waals surface area contributed by atoms with Crippen molar-refractivity contribution in [2.24, 2.45) is 15.3 Å². The minimum atomic E-state index is -4.17. The maximum atomic E-state index is 12.6. The quantitative estimate of drug-likeness (QED) is 0.348. The highest BCUT2D eigenvalue weighted by molar-refractivity contribution is 7.91. The summed E-state index contributed by atoms with van der Waals surface area (Å²) < 4.78 is 60.2. The molecule has 1 aliphatic heterocycles. The zero-order valence-corrected chi connectivity index (χ0v) is 20.5. The molecule has 0 radical (unpaired) electrons. The van der Waals surface area contributed by atoms with Crippen LogP contribution >= 0.6 is 0 Å². The Morgan fingerprint density at radius 3 is 2.35 bits per heavy atom. The van der Waals surface area contributed by atoms with Crippen LogP contribution in [0.2, 0.25) is 0 Å². The highest BCUT2D eigenvalue weighted by Gasteiger charge is 2.27. The molecule has 34 heavy (non-hydrogen) atoms. The lowest BCUT2D eigenvalue weighted by Crippen LogP contribution is -2.48. The van der Waals surface area contributed by atoms with Gasteiger partial charge in [-0.3, -0.25) is 19.1 Å². The fraction of sp³-hybridized carbons (Fsp3) is 0.316. The number of ether oxygens (including phenoxy) is 1. The Hall–Kier alpha value is -3.27. The van der Waals surface area contributed by atoms with E-state index in [-0.39, 0.29) is 18.3 Å². The molecule has 1 amide bonds. The van der Waals surface area contributed by atoms with Crippen molar-refractivity contribution in [1.82, 2.24) is 10.3 Å². The first-order chi connectivity index (χ1) is 15.5. The SMILES string of the molecule is Cc1cc(C(=O)NC(C)(C)COc2cccc3c2C(N)=NS(=O)(=O)N3)cc(C)n1.NS(=O)(=O)O. The Bertz CT molecular complexity index is 1310. The third kappa shape index (κ3) is 8.26. The summed E-state index contributed by atoms with van der Waals surface area (Å²) in [4.78, 5) is 16.9. The number of amides is 1. The van der Waals surface area contributed by atoms with Gasteiger partial charge in [-0.2, -0.15) is 16.8 Å². The van der Waals surface area contributed by atoms with Crippen LogP contribution < -0.4 is 25.6 Å². The minimum Gasteiger partial charge on any atom is -0.490 e. The summed E-state index contributed by atoms with van der Waals surface area (Å²) in [6, 6.07) is 8.31. The summed E-state index contributed by atoms with van der Waals surface area (Å²) in [5.74, 6) is -0.0286. The van der Waals surface area contributed by atoms with Gasteiger partial charge in [-0.1, -0.05) is 6.07 Å². The standard InChI is InChI=1S/C19H23N5O4S.H3NO3S/c1-11-8-13(9-12(2)21-11)18(25)22-19(3,4)10-28-15-7-5-6-14-16(15)17(20)24-29(26,27)23-14;1-5(2,3)4/h5-9,23H,10H2,1-4H3,(H2,20,24)(H,22,25);(H3,1,2,3,4). The van der Waals surface area contributed by atoms with Crippen LogP contribution in [0.4, 0.5) is 5.69 Å². The molecule has 0 atom stereocenters. The highest BCUT2D eigenvalue weighted by Crippen LogP contribution is 2.30. The van der Waals surface area contributed by atoms with Crippen LogP contribution in [-0.4, -0.2) is 50.3 Å². The molecular weight excluding hydrogens is 488 g/mol. The molecule has 7 N–H and O–H groups in total. The number of nitrogens with one attached hydrogen (secondary N) is 2. The summed E-state index contributed by atoms with van der Waals surface area (Å²) in [6.45, 7) is 7.43. The molecule has 0 aliphatic carbocycles. The topological polar surface area (TPSA) is 216 Å². The number of benzene rings is 1. The van der Waals surface area contributed by atoms with E-state index in [1.54, 1.807) is 30.3 Å². The number of fused-ring (bicyclic) bond motifs is 1. The van der Waals surface area contributed by atoms with Crippen LogP contribution in [0.1, 0.15) is 41.2 Å². The molecule has 2 heterocycles. The van der Waals surface area contributed by atoms with Crippen LogP contribution in [0.15, 0.2) is 34.7 Å². The van der Waals surface area contributed by atoms with Crippen molar-refractivity contribution >= 4 is 37.9 Å². The Labute approximate surface area is 197 Å². The summed E-state index contributed by atoms with van der Waals surface area (Å²) in [7, 11) is -8.03. The predicted molar refractivity (Wildman–Crippen MR) is 126 cm³/mol. The second kappa shape index (κ2) is 9.92. The number of carbonyl (C=O) groups excluding carboxylic acids is 1. The minimum absolute atomic E-state index is 0.123.